The average molecular weight is 370 g/mol. The molecular weight excluding hydrogens is 346 g/mol. The second-order valence-corrected chi connectivity index (χ2v) is 7.97. The van der Waals surface area contributed by atoms with Gasteiger partial charge in [0.05, 0.1) is 11.4 Å². The maximum atomic E-state index is 12.7. The average Bonchev–Trinajstić information content (AvgIpc) is 3.22. The Morgan fingerprint density at radius 2 is 1.69 bits per heavy atom. The van der Waals surface area contributed by atoms with E-state index in [9.17, 15) is 9.59 Å². The first-order chi connectivity index (χ1) is 12.7. The number of nitrogens with zero attached hydrogens (tertiary/aromatic N) is 2. The van der Waals surface area contributed by atoms with Gasteiger partial charge in [-0.3, -0.25) is 9.59 Å². The van der Waals surface area contributed by atoms with E-state index >= 15 is 0 Å². The summed E-state index contributed by atoms with van der Waals surface area (Å²) in [4.78, 5) is 31.0. The van der Waals surface area contributed by atoms with Crippen LogP contribution in [0.15, 0.2) is 41.8 Å². The SMILES string of the molecule is O=C(C[NH+]1CCc2ccccc2C1)N1CCN(C(=O)c2cccs2)CC1. The molecule has 0 aliphatic carbocycles. The van der Waals surface area contributed by atoms with Crippen LogP contribution in [0.2, 0.25) is 0 Å². The topological polar surface area (TPSA) is 45.1 Å². The molecule has 3 heterocycles. The number of hydrogen-bond acceptors (Lipinski definition) is 3. The Hall–Kier alpha value is -2.18. The third kappa shape index (κ3) is 3.66. The number of benzene rings is 1. The highest BCUT2D eigenvalue weighted by Crippen LogP contribution is 2.14. The molecule has 2 amide bonds. The number of rotatable bonds is 3. The van der Waals surface area contributed by atoms with Crippen LogP contribution >= 0.6 is 11.3 Å². The highest BCUT2D eigenvalue weighted by molar-refractivity contribution is 7.12. The summed E-state index contributed by atoms with van der Waals surface area (Å²) in [6.07, 6.45) is 1.04. The molecule has 1 aromatic heterocycles. The fourth-order valence-electron chi connectivity index (χ4n) is 3.83. The number of carbonyl (C=O) groups is 2. The predicted molar refractivity (Wildman–Crippen MR) is 101 cm³/mol. The number of quaternary nitrogens is 1. The largest absolute Gasteiger partial charge is 0.334 e. The first-order valence-corrected chi connectivity index (χ1v) is 10.1. The molecule has 0 spiro atoms. The van der Waals surface area contributed by atoms with Gasteiger partial charge in [0.1, 0.15) is 6.54 Å². The van der Waals surface area contributed by atoms with Crippen LogP contribution in [0.4, 0.5) is 0 Å². The van der Waals surface area contributed by atoms with Gasteiger partial charge in [-0.15, -0.1) is 11.3 Å². The van der Waals surface area contributed by atoms with Crippen molar-refractivity contribution < 1.29 is 14.5 Å². The molecule has 0 saturated carbocycles. The Bertz CT molecular complexity index is 782. The molecule has 1 N–H and O–H groups in total. The molecule has 2 aromatic rings. The molecule has 4 rings (SSSR count). The van der Waals surface area contributed by atoms with Crippen molar-refractivity contribution in [1.82, 2.24) is 9.80 Å². The van der Waals surface area contributed by atoms with Crippen molar-refractivity contribution in [3.8, 4) is 0 Å². The van der Waals surface area contributed by atoms with E-state index in [-0.39, 0.29) is 11.8 Å². The van der Waals surface area contributed by atoms with Crippen molar-refractivity contribution in [1.29, 1.82) is 0 Å². The summed E-state index contributed by atoms with van der Waals surface area (Å²) in [6.45, 7) is 5.02. The minimum absolute atomic E-state index is 0.0883. The zero-order valence-electron chi connectivity index (χ0n) is 14.8. The quantitative estimate of drug-likeness (QED) is 0.863. The van der Waals surface area contributed by atoms with Crippen LogP contribution < -0.4 is 4.90 Å². The van der Waals surface area contributed by atoms with Crippen molar-refractivity contribution in [3.63, 3.8) is 0 Å². The van der Waals surface area contributed by atoms with E-state index in [2.05, 4.69) is 24.3 Å². The van der Waals surface area contributed by atoms with E-state index in [0.717, 1.165) is 24.4 Å². The molecule has 1 aromatic carbocycles. The standard InChI is InChI=1S/C20H23N3O2S/c24-19(15-21-8-7-16-4-1-2-5-17(16)14-21)22-9-11-23(12-10-22)20(25)18-6-3-13-26-18/h1-6,13H,7-12,14-15H2/p+1. The number of fused-ring (bicyclic) bond motifs is 1. The lowest BCUT2D eigenvalue weighted by Crippen LogP contribution is -3.12. The van der Waals surface area contributed by atoms with Crippen LogP contribution in [0.1, 0.15) is 20.8 Å². The van der Waals surface area contributed by atoms with Crippen LogP contribution in [0.5, 0.6) is 0 Å². The Kier molecular flexibility index (Phi) is 5.04. The van der Waals surface area contributed by atoms with E-state index in [1.807, 2.05) is 27.3 Å². The van der Waals surface area contributed by atoms with E-state index < -0.39 is 0 Å². The zero-order chi connectivity index (χ0) is 17.9. The molecule has 26 heavy (non-hydrogen) atoms. The van der Waals surface area contributed by atoms with Gasteiger partial charge in [0.25, 0.3) is 11.8 Å². The molecule has 1 unspecified atom stereocenters. The minimum atomic E-state index is 0.0883. The summed E-state index contributed by atoms with van der Waals surface area (Å²) in [5.41, 5.74) is 2.79. The molecule has 1 atom stereocenters. The minimum Gasteiger partial charge on any atom is -0.334 e. The second-order valence-electron chi connectivity index (χ2n) is 7.02. The fourth-order valence-corrected chi connectivity index (χ4v) is 4.53. The van der Waals surface area contributed by atoms with E-state index in [4.69, 9.17) is 0 Å². The Labute approximate surface area is 157 Å². The summed E-state index contributed by atoms with van der Waals surface area (Å²) in [5.74, 6) is 0.299. The predicted octanol–water partition coefficient (Wildman–Crippen LogP) is 0.674. The van der Waals surface area contributed by atoms with Gasteiger partial charge in [0, 0.05) is 38.2 Å². The monoisotopic (exact) mass is 370 g/mol. The van der Waals surface area contributed by atoms with Gasteiger partial charge in [-0.25, -0.2) is 0 Å². The van der Waals surface area contributed by atoms with Crippen molar-refractivity contribution in [2.45, 2.75) is 13.0 Å². The Morgan fingerprint density at radius 1 is 0.962 bits per heavy atom. The molecule has 0 bridgehead atoms. The van der Waals surface area contributed by atoms with Crippen LogP contribution in [0, 0.1) is 0 Å². The number of piperazine rings is 1. The maximum Gasteiger partial charge on any atom is 0.277 e. The highest BCUT2D eigenvalue weighted by atomic mass is 32.1. The smallest absolute Gasteiger partial charge is 0.277 e. The van der Waals surface area contributed by atoms with E-state index in [1.54, 1.807) is 0 Å². The van der Waals surface area contributed by atoms with Crippen molar-refractivity contribution >= 4 is 23.2 Å². The van der Waals surface area contributed by atoms with Crippen LogP contribution in [-0.4, -0.2) is 60.9 Å². The molecule has 1 fully saturated rings. The molecule has 5 nitrogen and oxygen atoms in total. The highest BCUT2D eigenvalue weighted by Gasteiger charge is 2.28. The summed E-state index contributed by atoms with van der Waals surface area (Å²) >= 11 is 1.47. The lowest BCUT2D eigenvalue weighted by atomic mass is 10.00. The molecule has 136 valence electrons. The molecule has 2 aliphatic rings. The normalized spacial score (nSPS) is 19.9. The fraction of sp³-hybridized carbons (Fsp3) is 0.400. The second kappa shape index (κ2) is 7.60. The Morgan fingerprint density at radius 3 is 2.42 bits per heavy atom. The number of carbonyl (C=O) groups excluding carboxylic acids is 2. The van der Waals surface area contributed by atoms with Gasteiger partial charge >= 0.3 is 0 Å². The van der Waals surface area contributed by atoms with Gasteiger partial charge in [0.2, 0.25) is 0 Å². The van der Waals surface area contributed by atoms with Crippen molar-refractivity contribution in [3.05, 3.63) is 57.8 Å². The summed E-state index contributed by atoms with van der Waals surface area (Å²) < 4.78 is 0. The van der Waals surface area contributed by atoms with Gasteiger partial charge in [-0.05, 0) is 17.0 Å². The van der Waals surface area contributed by atoms with Gasteiger partial charge in [-0.2, -0.15) is 0 Å². The summed E-state index contributed by atoms with van der Waals surface area (Å²) in [7, 11) is 0. The van der Waals surface area contributed by atoms with E-state index in [0.29, 0.717) is 32.7 Å². The first-order valence-electron chi connectivity index (χ1n) is 9.21. The molecule has 0 radical (unpaired) electrons. The lowest BCUT2D eigenvalue weighted by Gasteiger charge is -2.35. The lowest BCUT2D eigenvalue weighted by molar-refractivity contribution is -0.908. The molecule has 6 heteroatoms. The maximum absolute atomic E-state index is 12.7. The third-order valence-corrected chi connectivity index (χ3v) is 6.22. The van der Waals surface area contributed by atoms with Crippen LogP contribution in [0.3, 0.4) is 0 Å². The van der Waals surface area contributed by atoms with Crippen LogP contribution in [-0.2, 0) is 17.8 Å². The van der Waals surface area contributed by atoms with Crippen LogP contribution in [0.25, 0.3) is 0 Å². The number of amides is 2. The number of nitrogens with one attached hydrogen (secondary N) is 1. The zero-order valence-corrected chi connectivity index (χ0v) is 15.6. The van der Waals surface area contributed by atoms with Crippen molar-refractivity contribution in [2.24, 2.45) is 0 Å². The number of hydrogen-bond donors (Lipinski definition) is 1. The van der Waals surface area contributed by atoms with Gasteiger partial charge in [-0.1, -0.05) is 30.3 Å². The third-order valence-electron chi connectivity index (χ3n) is 5.36. The Balaban J connectivity index is 1.28. The first kappa shape index (κ1) is 17.2. The molecule has 2 aliphatic heterocycles. The van der Waals surface area contributed by atoms with E-state index in [1.165, 1.54) is 27.4 Å². The number of thiophene rings is 1. The van der Waals surface area contributed by atoms with Gasteiger partial charge < -0.3 is 14.7 Å². The molecular formula is C20H24N3O2S+. The van der Waals surface area contributed by atoms with Crippen molar-refractivity contribution in [2.75, 3.05) is 39.3 Å². The summed E-state index contributed by atoms with van der Waals surface area (Å²) in [5, 5.41) is 1.92. The summed E-state index contributed by atoms with van der Waals surface area (Å²) in [6, 6.07) is 12.3. The van der Waals surface area contributed by atoms with Gasteiger partial charge in [0.15, 0.2) is 6.54 Å². The molecule has 1 saturated heterocycles.